The number of hydrogen-bond acceptors (Lipinski definition) is 5. The van der Waals surface area contributed by atoms with Crippen LogP contribution < -0.4 is 10.1 Å². The Balaban J connectivity index is 1.60. The number of likely N-dealkylation sites (tertiary alicyclic amines) is 1. The quantitative estimate of drug-likeness (QED) is 0.787. The lowest BCUT2D eigenvalue weighted by atomic mass is 9.95. The number of nitrogens with one attached hydrogen (secondary N) is 1. The van der Waals surface area contributed by atoms with Crippen LogP contribution in [0.5, 0.6) is 5.75 Å². The first-order valence-electron chi connectivity index (χ1n) is 9.30. The molecule has 0 bridgehead atoms. The van der Waals surface area contributed by atoms with Gasteiger partial charge in [0.05, 0.1) is 25.9 Å². The van der Waals surface area contributed by atoms with Gasteiger partial charge in [-0.1, -0.05) is 12.1 Å². The number of carbonyl (C=O) groups excluding carboxylic acids is 1. The molecule has 6 nitrogen and oxygen atoms in total. The fourth-order valence-electron chi connectivity index (χ4n) is 3.38. The standard InChI is InChI=1S/C20H24F2N4O2/c1-28-17-5-3-2-4-15(17)16-6-9-23-20(25-16)14-7-10-26(11-8-14)13-19(27)24-12-18(21)22/h2-6,9,14,18H,7-8,10-13H2,1H3,(H,24,27). The van der Waals surface area contributed by atoms with Gasteiger partial charge in [-0.05, 0) is 44.1 Å². The molecule has 0 spiro atoms. The summed E-state index contributed by atoms with van der Waals surface area (Å²) in [6.07, 6.45) is 0.867. The fourth-order valence-corrected chi connectivity index (χ4v) is 3.38. The van der Waals surface area contributed by atoms with Crippen molar-refractivity contribution in [3.05, 3.63) is 42.4 Å². The smallest absolute Gasteiger partial charge is 0.255 e. The van der Waals surface area contributed by atoms with E-state index in [-0.39, 0.29) is 18.4 Å². The monoisotopic (exact) mass is 390 g/mol. The predicted octanol–water partition coefficient (Wildman–Crippen LogP) is 2.71. The molecule has 3 rings (SSSR count). The summed E-state index contributed by atoms with van der Waals surface area (Å²) >= 11 is 0. The molecule has 28 heavy (non-hydrogen) atoms. The SMILES string of the molecule is COc1ccccc1-c1ccnc(C2CCN(CC(=O)NCC(F)F)CC2)n1. The van der Waals surface area contributed by atoms with Gasteiger partial charge in [0.2, 0.25) is 5.91 Å². The molecule has 1 saturated heterocycles. The number of methoxy groups -OCH3 is 1. The third kappa shape index (κ3) is 5.22. The third-order valence-electron chi connectivity index (χ3n) is 4.83. The van der Waals surface area contributed by atoms with E-state index in [0.29, 0.717) is 13.1 Å². The average Bonchev–Trinajstić information content (AvgIpc) is 2.73. The van der Waals surface area contributed by atoms with Crippen LogP contribution in [0.1, 0.15) is 24.6 Å². The largest absolute Gasteiger partial charge is 0.496 e. The number of para-hydroxylation sites is 1. The second kappa shape index (κ2) is 9.54. The van der Waals surface area contributed by atoms with Gasteiger partial charge in [-0.25, -0.2) is 18.7 Å². The van der Waals surface area contributed by atoms with Crippen LogP contribution in [-0.2, 0) is 4.79 Å². The topological polar surface area (TPSA) is 67.3 Å². The van der Waals surface area contributed by atoms with Gasteiger partial charge in [-0.15, -0.1) is 0 Å². The highest BCUT2D eigenvalue weighted by Gasteiger charge is 2.24. The summed E-state index contributed by atoms with van der Waals surface area (Å²) in [4.78, 5) is 22.9. The zero-order valence-corrected chi connectivity index (χ0v) is 15.8. The van der Waals surface area contributed by atoms with Crippen molar-refractivity contribution < 1.29 is 18.3 Å². The Morgan fingerprint density at radius 1 is 1.29 bits per heavy atom. The zero-order chi connectivity index (χ0) is 19.9. The molecule has 0 aliphatic carbocycles. The maximum absolute atomic E-state index is 12.2. The summed E-state index contributed by atoms with van der Waals surface area (Å²) in [7, 11) is 1.63. The van der Waals surface area contributed by atoms with E-state index in [0.717, 1.165) is 35.7 Å². The van der Waals surface area contributed by atoms with Crippen molar-refractivity contribution >= 4 is 5.91 Å². The van der Waals surface area contributed by atoms with Crippen molar-refractivity contribution in [3.63, 3.8) is 0 Å². The third-order valence-corrected chi connectivity index (χ3v) is 4.83. The lowest BCUT2D eigenvalue weighted by Gasteiger charge is -2.30. The Morgan fingerprint density at radius 2 is 2.04 bits per heavy atom. The lowest BCUT2D eigenvalue weighted by Crippen LogP contribution is -2.42. The second-order valence-corrected chi connectivity index (χ2v) is 6.75. The molecule has 1 aromatic carbocycles. The molecule has 2 aromatic rings. The van der Waals surface area contributed by atoms with Gasteiger partial charge in [-0.2, -0.15) is 0 Å². The first-order chi connectivity index (χ1) is 13.6. The molecular formula is C20H24F2N4O2. The predicted molar refractivity (Wildman–Crippen MR) is 101 cm³/mol. The summed E-state index contributed by atoms with van der Waals surface area (Å²) in [5.41, 5.74) is 1.73. The second-order valence-electron chi connectivity index (χ2n) is 6.75. The van der Waals surface area contributed by atoms with Crippen molar-refractivity contribution in [1.29, 1.82) is 0 Å². The molecule has 8 heteroatoms. The van der Waals surface area contributed by atoms with Crippen LogP contribution in [0.15, 0.2) is 36.5 Å². The fraction of sp³-hybridized carbons (Fsp3) is 0.450. The van der Waals surface area contributed by atoms with Crippen LogP contribution in [0, 0.1) is 0 Å². The van der Waals surface area contributed by atoms with Crippen LogP contribution in [0.4, 0.5) is 8.78 Å². The molecule has 150 valence electrons. The number of hydrogen-bond donors (Lipinski definition) is 1. The first kappa shape index (κ1) is 20.1. The molecule has 0 radical (unpaired) electrons. The van der Waals surface area contributed by atoms with Gasteiger partial charge < -0.3 is 10.1 Å². The molecule has 1 N–H and O–H groups in total. The number of ether oxygens (including phenoxy) is 1. The van der Waals surface area contributed by atoms with Crippen LogP contribution in [-0.4, -0.2) is 60.5 Å². The number of alkyl halides is 2. The highest BCUT2D eigenvalue weighted by molar-refractivity contribution is 5.78. The average molecular weight is 390 g/mol. The van der Waals surface area contributed by atoms with Crippen molar-refractivity contribution in [1.82, 2.24) is 20.2 Å². The van der Waals surface area contributed by atoms with E-state index in [2.05, 4.69) is 10.3 Å². The molecule has 1 aromatic heterocycles. The maximum atomic E-state index is 12.2. The Hall–Kier alpha value is -2.61. The van der Waals surface area contributed by atoms with Gasteiger partial charge in [0.1, 0.15) is 11.6 Å². The van der Waals surface area contributed by atoms with Crippen LogP contribution >= 0.6 is 0 Å². The van der Waals surface area contributed by atoms with E-state index in [1.807, 2.05) is 35.2 Å². The number of piperidine rings is 1. The van der Waals surface area contributed by atoms with Gasteiger partial charge >= 0.3 is 0 Å². The maximum Gasteiger partial charge on any atom is 0.255 e. The van der Waals surface area contributed by atoms with Crippen molar-refractivity contribution in [2.24, 2.45) is 0 Å². The number of halogens is 2. The molecule has 1 fully saturated rings. The molecule has 1 aliphatic rings. The number of aromatic nitrogens is 2. The minimum Gasteiger partial charge on any atom is -0.496 e. The Bertz CT molecular complexity index is 795. The van der Waals surface area contributed by atoms with Crippen molar-refractivity contribution in [2.45, 2.75) is 25.2 Å². The summed E-state index contributed by atoms with van der Waals surface area (Å²) in [6, 6.07) is 9.58. The number of carbonyl (C=O) groups is 1. The highest BCUT2D eigenvalue weighted by Crippen LogP contribution is 2.30. The molecule has 2 heterocycles. The van der Waals surface area contributed by atoms with E-state index < -0.39 is 13.0 Å². The molecule has 0 atom stereocenters. The lowest BCUT2D eigenvalue weighted by molar-refractivity contribution is -0.123. The normalized spacial score (nSPS) is 15.6. The van der Waals surface area contributed by atoms with E-state index in [1.165, 1.54) is 0 Å². The Morgan fingerprint density at radius 3 is 2.75 bits per heavy atom. The zero-order valence-electron chi connectivity index (χ0n) is 15.8. The minimum absolute atomic E-state index is 0.140. The molecule has 0 saturated carbocycles. The first-order valence-corrected chi connectivity index (χ1v) is 9.30. The van der Waals surface area contributed by atoms with E-state index in [4.69, 9.17) is 9.72 Å². The van der Waals surface area contributed by atoms with Gasteiger partial charge in [-0.3, -0.25) is 9.69 Å². The number of nitrogens with zero attached hydrogens (tertiary/aromatic N) is 3. The Kier molecular flexibility index (Phi) is 6.86. The van der Waals surface area contributed by atoms with Gasteiger partial charge in [0, 0.05) is 17.7 Å². The summed E-state index contributed by atoms with van der Waals surface area (Å²) in [6.45, 7) is 0.949. The van der Waals surface area contributed by atoms with Crippen molar-refractivity contribution in [2.75, 3.05) is 33.3 Å². The van der Waals surface area contributed by atoms with E-state index in [9.17, 15) is 13.6 Å². The Labute approximate surface area is 162 Å². The van der Waals surface area contributed by atoms with Crippen LogP contribution in [0.3, 0.4) is 0 Å². The molecule has 1 amide bonds. The molecule has 0 unspecified atom stereocenters. The molecular weight excluding hydrogens is 366 g/mol. The van der Waals surface area contributed by atoms with E-state index >= 15 is 0 Å². The molecule has 1 aliphatic heterocycles. The summed E-state index contributed by atoms with van der Waals surface area (Å²) in [5.74, 6) is 1.38. The number of benzene rings is 1. The number of amides is 1. The summed E-state index contributed by atoms with van der Waals surface area (Å²) < 4.78 is 29.7. The van der Waals surface area contributed by atoms with Crippen molar-refractivity contribution in [3.8, 4) is 17.0 Å². The van der Waals surface area contributed by atoms with Gasteiger partial charge in [0.15, 0.2) is 0 Å². The van der Waals surface area contributed by atoms with Gasteiger partial charge in [0.25, 0.3) is 6.43 Å². The van der Waals surface area contributed by atoms with Crippen LogP contribution in [0.2, 0.25) is 0 Å². The minimum atomic E-state index is -2.53. The number of rotatable bonds is 7. The van der Waals surface area contributed by atoms with E-state index in [1.54, 1.807) is 13.3 Å². The highest BCUT2D eigenvalue weighted by atomic mass is 19.3. The summed E-state index contributed by atoms with van der Waals surface area (Å²) in [5, 5.41) is 2.24. The van der Waals surface area contributed by atoms with Crippen LogP contribution in [0.25, 0.3) is 11.3 Å².